The molecule has 2 aromatic carbocycles. The van der Waals surface area contributed by atoms with Crippen molar-refractivity contribution in [1.82, 2.24) is 4.98 Å². The van der Waals surface area contributed by atoms with Gasteiger partial charge in [-0.2, -0.15) is 0 Å². The molecule has 0 unspecified atom stereocenters. The normalized spacial score (nSPS) is 12.7. The maximum absolute atomic E-state index is 9.22. The molecule has 1 aromatic heterocycles. The molecule has 0 fully saturated rings. The number of aliphatic hydroxyl groups excluding tert-OH is 1. The van der Waals surface area contributed by atoms with E-state index >= 15 is 0 Å². The summed E-state index contributed by atoms with van der Waals surface area (Å²) in [5.74, 6) is 0.974. The number of anilines is 3. The van der Waals surface area contributed by atoms with Crippen LogP contribution >= 0.6 is 0 Å². The lowest BCUT2D eigenvalue weighted by Crippen LogP contribution is -2.36. The zero-order valence-electron chi connectivity index (χ0n) is 13.9. The molecule has 128 valence electrons. The van der Waals surface area contributed by atoms with Crippen molar-refractivity contribution in [3.05, 3.63) is 83.6 Å². The predicted octanol–water partition coefficient (Wildman–Crippen LogP) is 3.49. The fourth-order valence-electron chi connectivity index (χ4n) is 2.97. The summed E-state index contributed by atoms with van der Waals surface area (Å²) in [6, 6.07) is 18.3. The van der Waals surface area contributed by atoms with Gasteiger partial charge in [0.2, 0.25) is 0 Å². The van der Waals surface area contributed by atoms with Crippen LogP contribution in [0.3, 0.4) is 0 Å². The summed E-state index contributed by atoms with van der Waals surface area (Å²) >= 11 is 0. The van der Waals surface area contributed by atoms with E-state index in [0.29, 0.717) is 22.6 Å². The van der Waals surface area contributed by atoms with Crippen LogP contribution in [0, 0.1) is 10.8 Å². The first-order valence-electron chi connectivity index (χ1n) is 8.18. The first kappa shape index (κ1) is 16.0. The molecule has 0 spiro atoms. The fraction of sp³-hybridized carbons (Fsp3) is 0.0500. The summed E-state index contributed by atoms with van der Waals surface area (Å²) in [4.78, 5) is 5.97. The van der Waals surface area contributed by atoms with Crippen LogP contribution in [-0.4, -0.2) is 21.8 Å². The molecular weight excluding hydrogens is 326 g/mol. The molecule has 6 heteroatoms. The Labute approximate surface area is 150 Å². The predicted molar refractivity (Wildman–Crippen MR) is 102 cm³/mol. The van der Waals surface area contributed by atoms with Crippen LogP contribution in [0.5, 0.6) is 0 Å². The minimum Gasteiger partial charge on any atom is -0.392 e. The van der Waals surface area contributed by atoms with Crippen LogP contribution in [0.4, 0.5) is 17.2 Å². The van der Waals surface area contributed by atoms with Gasteiger partial charge in [0.15, 0.2) is 5.82 Å². The second-order valence-electron chi connectivity index (χ2n) is 5.93. The first-order valence-corrected chi connectivity index (χ1v) is 8.18. The number of nitrogens with zero attached hydrogens (tertiary/aromatic N) is 2. The standard InChI is InChI=1S/C20H17N5O/c21-18(14-9-7-13(12-26)8-10-14)25-17-6-3-11-23-20(17)24-16-5-2-1-4-15(16)19(25)22/h1-11,21-22,26H,12H2,(H,23,24). The Hall–Kier alpha value is -3.51. The number of aromatic nitrogens is 1. The SMILES string of the molecule is N=C(c1ccc(CO)cc1)N1C(=N)c2ccccc2Nc2ncccc21. The second-order valence-corrected chi connectivity index (χ2v) is 5.93. The van der Waals surface area contributed by atoms with Gasteiger partial charge in [0.05, 0.1) is 18.0 Å². The van der Waals surface area contributed by atoms with E-state index in [-0.39, 0.29) is 18.3 Å². The van der Waals surface area contributed by atoms with E-state index in [9.17, 15) is 5.11 Å². The van der Waals surface area contributed by atoms with Gasteiger partial charge < -0.3 is 10.4 Å². The van der Waals surface area contributed by atoms with Crippen molar-refractivity contribution < 1.29 is 5.11 Å². The van der Waals surface area contributed by atoms with E-state index in [1.165, 1.54) is 0 Å². The maximum Gasteiger partial charge on any atom is 0.154 e. The Bertz CT molecular complexity index is 997. The van der Waals surface area contributed by atoms with Crippen LogP contribution in [0.1, 0.15) is 16.7 Å². The Morgan fingerprint density at radius 1 is 1.04 bits per heavy atom. The van der Waals surface area contributed by atoms with Crippen molar-refractivity contribution in [2.24, 2.45) is 0 Å². The van der Waals surface area contributed by atoms with Crippen LogP contribution in [0.15, 0.2) is 66.9 Å². The van der Waals surface area contributed by atoms with Gasteiger partial charge in [0.25, 0.3) is 0 Å². The highest BCUT2D eigenvalue weighted by molar-refractivity contribution is 6.30. The van der Waals surface area contributed by atoms with Crippen molar-refractivity contribution in [2.45, 2.75) is 6.61 Å². The molecular formula is C20H17N5O. The van der Waals surface area contributed by atoms with Gasteiger partial charge in [0.1, 0.15) is 11.7 Å². The van der Waals surface area contributed by atoms with Gasteiger partial charge in [0, 0.05) is 17.3 Å². The summed E-state index contributed by atoms with van der Waals surface area (Å²) < 4.78 is 0. The Morgan fingerprint density at radius 2 is 1.81 bits per heavy atom. The highest BCUT2D eigenvalue weighted by Crippen LogP contribution is 2.34. The molecule has 26 heavy (non-hydrogen) atoms. The monoisotopic (exact) mass is 343 g/mol. The Morgan fingerprint density at radius 3 is 2.58 bits per heavy atom. The minimum absolute atomic E-state index is 0.0444. The van der Waals surface area contributed by atoms with Crippen LogP contribution in [-0.2, 0) is 6.61 Å². The number of hydrogen-bond acceptors (Lipinski definition) is 5. The molecule has 6 nitrogen and oxygen atoms in total. The number of amidine groups is 2. The lowest BCUT2D eigenvalue weighted by molar-refractivity contribution is 0.282. The summed E-state index contributed by atoms with van der Waals surface area (Å²) in [5, 5.41) is 29.9. The summed E-state index contributed by atoms with van der Waals surface area (Å²) in [6.07, 6.45) is 1.68. The minimum atomic E-state index is -0.0444. The van der Waals surface area contributed by atoms with Gasteiger partial charge in [-0.15, -0.1) is 0 Å². The fourth-order valence-corrected chi connectivity index (χ4v) is 2.97. The highest BCUT2D eigenvalue weighted by Gasteiger charge is 2.28. The number of aliphatic hydroxyl groups is 1. The summed E-state index contributed by atoms with van der Waals surface area (Å²) in [7, 11) is 0. The van der Waals surface area contributed by atoms with E-state index in [1.54, 1.807) is 41.4 Å². The quantitative estimate of drug-likeness (QED) is 0.423. The number of rotatable bonds is 2. The zero-order chi connectivity index (χ0) is 18.1. The largest absolute Gasteiger partial charge is 0.392 e. The maximum atomic E-state index is 9.22. The van der Waals surface area contributed by atoms with Crippen LogP contribution in [0.25, 0.3) is 0 Å². The third-order valence-electron chi connectivity index (χ3n) is 4.32. The second kappa shape index (κ2) is 6.42. The molecule has 0 saturated carbocycles. The average molecular weight is 343 g/mol. The smallest absolute Gasteiger partial charge is 0.154 e. The molecule has 0 aliphatic carbocycles. The first-order chi connectivity index (χ1) is 12.7. The molecule has 0 saturated heterocycles. The van der Waals surface area contributed by atoms with Crippen molar-refractivity contribution >= 4 is 28.9 Å². The molecule has 1 aliphatic rings. The number of pyridine rings is 1. The summed E-state index contributed by atoms with van der Waals surface area (Å²) in [5.41, 5.74) is 3.55. The average Bonchev–Trinajstić information content (AvgIpc) is 2.81. The molecule has 0 atom stereocenters. The van der Waals surface area contributed by atoms with E-state index in [0.717, 1.165) is 11.3 Å². The number of hydrogen-bond donors (Lipinski definition) is 4. The molecule has 1 aliphatic heterocycles. The van der Waals surface area contributed by atoms with Gasteiger partial charge in [-0.1, -0.05) is 36.4 Å². The molecule has 0 bridgehead atoms. The number of benzene rings is 2. The number of fused-ring (bicyclic) bond motifs is 2. The topological polar surface area (TPSA) is 96.1 Å². The highest BCUT2D eigenvalue weighted by atomic mass is 16.3. The molecule has 4 N–H and O–H groups in total. The van der Waals surface area contributed by atoms with Crippen LogP contribution < -0.4 is 10.2 Å². The molecule has 3 aromatic rings. The van der Waals surface area contributed by atoms with Crippen molar-refractivity contribution in [3.63, 3.8) is 0 Å². The third-order valence-corrected chi connectivity index (χ3v) is 4.32. The summed E-state index contributed by atoms with van der Waals surface area (Å²) in [6.45, 7) is -0.0444. The molecule has 0 radical (unpaired) electrons. The molecule has 4 rings (SSSR count). The molecule has 2 heterocycles. The van der Waals surface area contributed by atoms with Crippen molar-refractivity contribution in [1.29, 1.82) is 10.8 Å². The van der Waals surface area contributed by atoms with E-state index in [4.69, 9.17) is 10.8 Å². The van der Waals surface area contributed by atoms with Crippen molar-refractivity contribution in [2.75, 3.05) is 10.2 Å². The van der Waals surface area contributed by atoms with E-state index in [1.807, 2.05) is 30.3 Å². The zero-order valence-corrected chi connectivity index (χ0v) is 13.9. The van der Waals surface area contributed by atoms with Crippen molar-refractivity contribution in [3.8, 4) is 0 Å². The molecule has 0 amide bonds. The lowest BCUT2D eigenvalue weighted by atomic mass is 10.1. The number of nitrogens with one attached hydrogen (secondary N) is 3. The van der Waals surface area contributed by atoms with Gasteiger partial charge >= 0.3 is 0 Å². The number of para-hydroxylation sites is 1. The van der Waals surface area contributed by atoms with Crippen LogP contribution in [0.2, 0.25) is 0 Å². The van der Waals surface area contributed by atoms with E-state index < -0.39 is 0 Å². The van der Waals surface area contributed by atoms with E-state index in [2.05, 4.69) is 10.3 Å². The Balaban J connectivity index is 1.85. The third kappa shape index (κ3) is 2.62. The Kier molecular flexibility index (Phi) is 3.95. The van der Waals surface area contributed by atoms with Gasteiger partial charge in [-0.25, -0.2) is 4.98 Å². The van der Waals surface area contributed by atoms with Gasteiger partial charge in [-0.05, 0) is 29.8 Å². The lowest BCUT2D eigenvalue weighted by Gasteiger charge is -2.25. The van der Waals surface area contributed by atoms with Gasteiger partial charge in [-0.3, -0.25) is 15.7 Å².